The van der Waals surface area contributed by atoms with Crippen LogP contribution in [0.4, 0.5) is 4.39 Å². The molecule has 1 aliphatic rings. The van der Waals surface area contributed by atoms with Crippen LogP contribution in [0.1, 0.15) is 36.0 Å². The lowest BCUT2D eigenvalue weighted by atomic mass is 10.0. The van der Waals surface area contributed by atoms with Gasteiger partial charge in [-0.25, -0.2) is 4.39 Å². The molecule has 182 valence electrons. The van der Waals surface area contributed by atoms with Crippen molar-refractivity contribution in [2.45, 2.75) is 50.7 Å². The number of benzene rings is 2. The standard InChI is InChI=1S/C26H33FN4O3/c1-30(2)24(32)14-18-9-11-19(12-10-18)17-29-26(34)23-8-5-13-31(23)25(33)16-21(28)15-20-6-3-4-7-22(20)27/h3-4,6-7,9-12,21,23H,5,8,13-17,28H2,1-2H3,(H,29,34)/t21-,23+/m1/s1. The van der Waals surface area contributed by atoms with Gasteiger partial charge in [0.05, 0.1) is 6.42 Å². The second-order valence-electron chi connectivity index (χ2n) is 9.00. The first-order chi connectivity index (χ1) is 16.2. The summed E-state index contributed by atoms with van der Waals surface area (Å²) in [6, 6.07) is 12.9. The van der Waals surface area contributed by atoms with Gasteiger partial charge in [-0.2, -0.15) is 0 Å². The monoisotopic (exact) mass is 468 g/mol. The molecule has 0 saturated carbocycles. The van der Waals surface area contributed by atoms with Crippen LogP contribution in [-0.4, -0.2) is 60.2 Å². The maximum Gasteiger partial charge on any atom is 0.243 e. The highest BCUT2D eigenvalue weighted by molar-refractivity contribution is 5.88. The zero-order valence-electron chi connectivity index (χ0n) is 19.8. The van der Waals surface area contributed by atoms with Crippen molar-refractivity contribution in [1.29, 1.82) is 0 Å². The van der Waals surface area contributed by atoms with Crippen LogP contribution in [0.15, 0.2) is 48.5 Å². The highest BCUT2D eigenvalue weighted by atomic mass is 19.1. The van der Waals surface area contributed by atoms with Crippen LogP contribution in [0, 0.1) is 5.82 Å². The van der Waals surface area contributed by atoms with E-state index in [4.69, 9.17) is 5.73 Å². The molecule has 0 aromatic heterocycles. The van der Waals surface area contributed by atoms with E-state index in [0.29, 0.717) is 31.5 Å². The quantitative estimate of drug-likeness (QED) is 0.589. The number of hydrogen-bond donors (Lipinski definition) is 2. The Morgan fingerprint density at radius 2 is 1.79 bits per heavy atom. The molecule has 1 fully saturated rings. The van der Waals surface area contributed by atoms with Gasteiger partial charge in [-0.3, -0.25) is 14.4 Å². The van der Waals surface area contributed by atoms with Crippen molar-refractivity contribution >= 4 is 17.7 Å². The number of carbonyl (C=O) groups is 3. The predicted molar refractivity (Wildman–Crippen MR) is 128 cm³/mol. The van der Waals surface area contributed by atoms with Gasteiger partial charge in [0.25, 0.3) is 0 Å². The molecule has 3 amide bonds. The molecule has 2 aromatic carbocycles. The summed E-state index contributed by atoms with van der Waals surface area (Å²) in [7, 11) is 3.44. The predicted octanol–water partition coefficient (Wildman–Crippen LogP) is 2.02. The third-order valence-electron chi connectivity index (χ3n) is 6.10. The Labute approximate surface area is 200 Å². The van der Waals surface area contributed by atoms with Gasteiger partial charge < -0.3 is 20.9 Å². The Kier molecular flexibility index (Phi) is 8.76. The van der Waals surface area contributed by atoms with E-state index in [2.05, 4.69) is 5.32 Å². The lowest BCUT2D eigenvalue weighted by molar-refractivity contribution is -0.138. The van der Waals surface area contributed by atoms with Gasteiger partial charge in [0.15, 0.2) is 0 Å². The largest absolute Gasteiger partial charge is 0.350 e. The Hall–Kier alpha value is -3.26. The lowest BCUT2D eigenvalue weighted by Gasteiger charge is -2.25. The molecule has 1 aliphatic heterocycles. The SMILES string of the molecule is CN(C)C(=O)Cc1ccc(CNC(=O)[C@@H]2CCCN2C(=O)C[C@H](N)Cc2ccccc2F)cc1. The highest BCUT2D eigenvalue weighted by Crippen LogP contribution is 2.20. The molecule has 2 aromatic rings. The average Bonchev–Trinajstić information content (AvgIpc) is 3.30. The molecule has 1 heterocycles. The highest BCUT2D eigenvalue weighted by Gasteiger charge is 2.34. The number of nitrogens with two attached hydrogens (primary N) is 1. The first kappa shape index (κ1) is 25.4. The smallest absolute Gasteiger partial charge is 0.243 e. The summed E-state index contributed by atoms with van der Waals surface area (Å²) in [6.45, 7) is 0.851. The molecule has 0 bridgehead atoms. The molecule has 0 radical (unpaired) electrons. The van der Waals surface area contributed by atoms with Crippen LogP contribution in [0.5, 0.6) is 0 Å². The number of likely N-dealkylation sites (N-methyl/N-ethyl adjacent to an activating group) is 1. The number of carbonyl (C=O) groups excluding carboxylic acids is 3. The number of nitrogens with zero attached hydrogens (tertiary/aromatic N) is 2. The minimum Gasteiger partial charge on any atom is -0.350 e. The first-order valence-corrected chi connectivity index (χ1v) is 11.6. The fraction of sp³-hybridized carbons (Fsp3) is 0.423. The minimum atomic E-state index is -0.523. The topological polar surface area (TPSA) is 95.7 Å². The molecular weight excluding hydrogens is 435 g/mol. The molecule has 1 saturated heterocycles. The number of nitrogens with one attached hydrogen (secondary N) is 1. The second-order valence-corrected chi connectivity index (χ2v) is 9.00. The van der Waals surface area contributed by atoms with Crippen LogP contribution in [-0.2, 0) is 33.8 Å². The lowest BCUT2D eigenvalue weighted by Crippen LogP contribution is -2.47. The Bertz CT molecular complexity index is 1010. The van der Waals surface area contributed by atoms with E-state index in [1.807, 2.05) is 24.3 Å². The normalized spacial score (nSPS) is 16.2. The third-order valence-corrected chi connectivity index (χ3v) is 6.10. The summed E-state index contributed by atoms with van der Waals surface area (Å²) in [5.41, 5.74) is 8.43. The van der Waals surface area contributed by atoms with E-state index >= 15 is 0 Å². The van der Waals surface area contributed by atoms with Gasteiger partial charge in [0.1, 0.15) is 11.9 Å². The van der Waals surface area contributed by atoms with E-state index in [1.165, 1.54) is 6.07 Å². The molecule has 2 atom stereocenters. The van der Waals surface area contributed by atoms with Crippen molar-refractivity contribution in [2.24, 2.45) is 5.73 Å². The number of rotatable bonds is 9. The Morgan fingerprint density at radius 3 is 2.47 bits per heavy atom. The Balaban J connectivity index is 1.50. The molecule has 8 heteroatoms. The summed E-state index contributed by atoms with van der Waals surface area (Å²) in [4.78, 5) is 40.6. The zero-order chi connectivity index (χ0) is 24.7. The van der Waals surface area contributed by atoms with Crippen LogP contribution in [0.2, 0.25) is 0 Å². The van der Waals surface area contributed by atoms with Gasteiger partial charge in [-0.1, -0.05) is 42.5 Å². The van der Waals surface area contributed by atoms with Crippen LogP contribution >= 0.6 is 0 Å². The second kappa shape index (κ2) is 11.7. The molecule has 34 heavy (non-hydrogen) atoms. The molecule has 3 rings (SSSR count). The van der Waals surface area contributed by atoms with E-state index in [9.17, 15) is 18.8 Å². The fourth-order valence-corrected chi connectivity index (χ4v) is 4.11. The molecule has 0 unspecified atom stereocenters. The molecule has 7 nitrogen and oxygen atoms in total. The van der Waals surface area contributed by atoms with Crippen LogP contribution < -0.4 is 11.1 Å². The van der Waals surface area contributed by atoms with Gasteiger partial charge in [0.2, 0.25) is 17.7 Å². The van der Waals surface area contributed by atoms with Crippen LogP contribution in [0.3, 0.4) is 0 Å². The van der Waals surface area contributed by atoms with Crippen molar-refractivity contribution < 1.29 is 18.8 Å². The first-order valence-electron chi connectivity index (χ1n) is 11.6. The summed E-state index contributed by atoms with van der Waals surface area (Å²) >= 11 is 0. The number of likely N-dealkylation sites (tertiary alicyclic amines) is 1. The maximum absolute atomic E-state index is 13.9. The average molecular weight is 469 g/mol. The number of amides is 3. The third kappa shape index (κ3) is 6.87. The van der Waals surface area contributed by atoms with Gasteiger partial charge in [-0.05, 0) is 42.0 Å². The maximum atomic E-state index is 13.9. The summed E-state index contributed by atoms with van der Waals surface area (Å²) in [6.07, 6.45) is 2.01. The zero-order valence-corrected chi connectivity index (χ0v) is 19.8. The van der Waals surface area contributed by atoms with Crippen molar-refractivity contribution in [3.8, 4) is 0 Å². The minimum absolute atomic E-state index is 0.0284. The van der Waals surface area contributed by atoms with Gasteiger partial charge in [0, 0.05) is 39.6 Å². The van der Waals surface area contributed by atoms with Crippen molar-refractivity contribution in [3.05, 3.63) is 71.0 Å². The molecular formula is C26H33FN4O3. The van der Waals surface area contributed by atoms with Gasteiger partial charge in [-0.15, -0.1) is 0 Å². The number of hydrogen-bond acceptors (Lipinski definition) is 4. The Morgan fingerprint density at radius 1 is 1.12 bits per heavy atom. The number of halogens is 1. The van der Waals surface area contributed by atoms with E-state index in [0.717, 1.165) is 17.5 Å². The summed E-state index contributed by atoms with van der Waals surface area (Å²) < 4.78 is 13.9. The summed E-state index contributed by atoms with van der Waals surface area (Å²) in [5.74, 6) is -0.682. The van der Waals surface area contributed by atoms with E-state index in [-0.39, 0.29) is 36.4 Å². The van der Waals surface area contributed by atoms with Crippen molar-refractivity contribution in [1.82, 2.24) is 15.1 Å². The molecule has 3 N–H and O–H groups in total. The van der Waals surface area contributed by atoms with E-state index < -0.39 is 12.1 Å². The van der Waals surface area contributed by atoms with Crippen LogP contribution in [0.25, 0.3) is 0 Å². The van der Waals surface area contributed by atoms with E-state index in [1.54, 1.807) is 42.1 Å². The van der Waals surface area contributed by atoms with Crippen molar-refractivity contribution in [2.75, 3.05) is 20.6 Å². The van der Waals surface area contributed by atoms with Gasteiger partial charge >= 0.3 is 0 Å². The van der Waals surface area contributed by atoms with Crippen molar-refractivity contribution in [3.63, 3.8) is 0 Å². The molecule has 0 aliphatic carbocycles. The summed E-state index contributed by atoms with van der Waals surface area (Å²) in [5, 5.41) is 2.92. The fourth-order valence-electron chi connectivity index (χ4n) is 4.11. The molecule has 0 spiro atoms.